The fraction of sp³-hybridized carbons (Fsp3) is 0.0800. The highest BCUT2D eigenvalue weighted by Gasteiger charge is 2.14. The van der Waals surface area contributed by atoms with E-state index in [0.717, 1.165) is 33.9 Å². The summed E-state index contributed by atoms with van der Waals surface area (Å²) in [4.78, 5) is 25.9. The van der Waals surface area contributed by atoms with E-state index in [1.807, 2.05) is 67.6 Å². The number of aromatic amines is 1. The van der Waals surface area contributed by atoms with E-state index in [0.29, 0.717) is 16.7 Å². The summed E-state index contributed by atoms with van der Waals surface area (Å²) in [6.07, 6.45) is 2.75. The number of rotatable bonds is 5. The maximum absolute atomic E-state index is 12.2. The molecule has 0 bridgehead atoms. The molecule has 4 heterocycles. The standard InChI is InChI=1S/C25H20N6O2/c1-16-6-5-9-22(28-16)24-19(14-27-31-24)20-10-11-21-23(30-20)12-18(13-26-21)29-25(32)33-15-17-7-3-2-4-8-17/h2-14H,15H2,1H3,(H,27,31)(H,29,32). The van der Waals surface area contributed by atoms with E-state index in [1.54, 1.807) is 18.5 Å². The molecule has 0 fully saturated rings. The van der Waals surface area contributed by atoms with Gasteiger partial charge < -0.3 is 4.74 Å². The van der Waals surface area contributed by atoms with Crippen molar-refractivity contribution in [2.75, 3.05) is 5.32 Å². The quantitative estimate of drug-likeness (QED) is 0.395. The lowest BCUT2D eigenvalue weighted by molar-refractivity contribution is 0.155. The number of fused-ring (bicyclic) bond motifs is 1. The minimum atomic E-state index is -0.557. The lowest BCUT2D eigenvalue weighted by Crippen LogP contribution is -2.13. The van der Waals surface area contributed by atoms with Crippen molar-refractivity contribution in [2.24, 2.45) is 0 Å². The third-order valence-electron chi connectivity index (χ3n) is 5.06. The van der Waals surface area contributed by atoms with E-state index in [2.05, 4.69) is 25.5 Å². The fourth-order valence-electron chi connectivity index (χ4n) is 3.46. The van der Waals surface area contributed by atoms with Gasteiger partial charge in [-0.3, -0.25) is 20.4 Å². The van der Waals surface area contributed by atoms with Crippen LogP contribution in [0.3, 0.4) is 0 Å². The Morgan fingerprint density at radius 3 is 2.67 bits per heavy atom. The molecule has 0 atom stereocenters. The van der Waals surface area contributed by atoms with Gasteiger partial charge >= 0.3 is 6.09 Å². The van der Waals surface area contributed by atoms with Crippen LogP contribution in [-0.2, 0) is 11.3 Å². The van der Waals surface area contributed by atoms with Crippen molar-refractivity contribution in [2.45, 2.75) is 13.5 Å². The largest absolute Gasteiger partial charge is 0.444 e. The zero-order valence-electron chi connectivity index (χ0n) is 17.8. The summed E-state index contributed by atoms with van der Waals surface area (Å²) in [6, 6.07) is 20.9. The zero-order chi connectivity index (χ0) is 22.6. The fourth-order valence-corrected chi connectivity index (χ4v) is 3.46. The van der Waals surface area contributed by atoms with Crippen LogP contribution in [0.25, 0.3) is 33.7 Å². The van der Waals surface area contributed by atoms with Crippen LogP contribution in [0.5, 0.6) is 0 Å². The molecule has 1 aromatic carbocycles. The zero-order valence-corrected chi connectivity index (χ0v) is 17.8. The highest BCUT2D eigenvalue weighted by molar-refractivity contribution is 5.89. The van der Waals surface area contributed by atoms with Crippen LogP contribution in [0.15, 0.2) is 79.1 Å². The van der Waals surface area contributed by atoms with Gasteiger partial charge in [-0.1, -0.05) is 36.4 Å². The Hall–Kier alpha value is -4.59. The van der Waals surface area contributed by atoms with Crippen LogP contribution in [0.4, 0.5) is 10.5 Å². The molecule has 8 nitrogen and oxygen atoms in total. The first kappa shape index (κ1) is 20.3. The van der Waals surface area contributed by atoms with Crippen molar-refractivity contribution >= 4 is 22.8 Å². The Morgan fingerprint density at radius 1 is 0.939 bits per heavy atom. The molecule has 0 aliphatic carbocycles. The van der Waals surface area contributed by atoms with Crippen LogP contribution in [-0.4, -0.2) is 31.2 Å². The molecule has 0 saturated heterocycles. The molecule has 5 aromatic rings. The SMILES string of the molecule is Cc1cccc(-c2[nH]ncc2-c2ccc3ncc(NC(=O)OCc4ccccc4)cc3n2)n1. The predicted molar refractivity (Wildman–Crippen MR) is 125 cm³/mol. The molecule has 162 valence electrons. The summed E-state index contributed by atoms with van der Waals surface area (Å²) in [7, 11) is 0. The number of carbonyl (C=O) groups excluding carboxylic acids is 1. The molecular weight excluding hydrogens is 416 g/mol. The molecule has 1 amide bonds. The second-order valence-corrected chi connectivity index (χ2v) is 7.47. The van der Waals surface area contributed by atoms with Crippen LogP contribution >= 0.6 is 0 Å². The summed E-state index contributed by atoms with van der Waals surface area (Å²) in [6.45, 7) is 2.13. The Balaban J connectivity index is 1.38. The van der Waals surface area contributed by atoms with Crippen LogP contribution in [0.1, 0.15) is 11.3 Å². The van der Waals surface area contributed by atoms with Gasteiger partial charge in [0.2, 0.25) is 0 Å². The van der Waals surface area contributed by atoms with Crippen molar-refractivity contribution in [1.82, 2.24) is 25.1 Å². The van der Waals surface area contributed by atoms with Crippen molar-refractivity contribution in [3.05, 3.63) is 90.4 Å². The number of ether oxygens (including phenoxy) is 1. The Labute approximate surface area is 189 Å². The number of aryl methyl sites for hydroxylation is 1. The molecule has 33 heavy (non-hydrogen) atoms. The van der Waals surface area contributed by atoms with Gasteiger partial charge in [-0.2, -0.15) is 5.10 Å². The topological polar surface area (TPSA) is 106 Å². The van der Waals surface area contributed by atoms with Crippen LogP contribution < -0.4 is 5.32 Å². The monoisotopic (exact) mass is 436 g/mol. The Kier molecular flexibility index (Phi) is 5.47. The third-order valence-corrected chi connectivity index (χ3v) is 5.06. The molecule has 0 aliphatic rings. The number of anilines is 1. The van der Waals surface area contributed by atoms with Gasteiger partial charge in [-0.15, -0.1) is 0 Å². The molecule has 0 unspecified atom stereocenters. The number of carbonyl (C=O) groups is 1. The van der Waals surface area contributed by atoms with Crippen molar-refractivity contribution in [3.63, 3.8) is 0 Å². The van der Waals surface area contributed by atoms with E-state index in [9.17, 15) is 4.79 Å². The average Bonchev–Trinajstić information content (AvgIpc) is 3.33. The van der Waals surface area contributed by atoms with Crippen molar-refractivity contribution in [1.29, 1.82) is 0 Å². The van der Waals surface area contributed by atoms with Crippen molar-refractivity contribution < 1.29 is 9.53 Å². The number of H-pyrrole nitrogens is 1. The summed E-state index contributed by atoms with van der Waals surface area (Å²) in [5.74, 6) is 0. The number of pyridine rings is 3. The molecule has 2 N–H and O–H groups in total. The minimum Gasteiger partial charge on any atom is -0.444 e. The molecule has 8 heteroatoms. The van der Waals surface area contributed by atoms with E-state index in [1.165, 1.54) is 0 Å². The number of aromatic nitrogens is 5. The number of nitrogens with zero attached hydrogens (tertiary/aromatic N) is 4. The molecule has 0 saturated carbocycles. The number of nitrogens with one attached hydrogen (secondary N) is 2. The average molecular weight is 436 g/mol. The number of hydrogen-bond acceptors (Lipinski definition) is 6. The maximum Gasteiger partial charge on any atom is 0.412 e. The normalized spacial score (nSPS) is 10.8. The highest BCUT2D eigenvalue weighted by Crippen LogP contribution is 2.29. The summed E-state index contributed by atoms with van der Waals surface area (Å²) < 4.78 is 5.28. The van der Waals surface area contributed by atoms with Gasteiger partial charge in [-0.25, -0.2) is 9.78 Å². The van der Waals surface area contributed by atoms with Crippen molar-refractivity contribution in [3.8, 4) is 22.6 Å². The molecule has 0 aliphatic heterocycles. The lowest BCUT2D eigenvalue weighted by Gasteiger charge is -2.08. The van der Waals surface area contributed by atoms with Gasteiger partial charge in [-0.05, 0) is 42.8 Å². The first-order chi connectivity index (χ1) is 16.2. The second-order valence-electron chi connectivity index (χ2n) is 7.47. The molecule has 4 aromatic heterocycles. The van der Waals surface area contributed by atoms with Gasteiger partial charge in [0.25, 0.3) is 0 Å². The second kappa shape index (κ2) is 8.88. The Morgan fingerprint density at radius 2 is 1.82 bits per heavy atom. The first-order valence-corrected chi connectivity index (χ1v) is 10.4. The number of amides is 1. The highest BCUT2D eigenvalue weighted by atomic mass is 16.5. The van der Waals surface area contributed by atoms with E-state index in [4.69, 9.17) is 9.72 Å². The van der Waals surface area contributed by atoms with E-state index < -0.39 is 6.09 Å². The summed E-state index contributed by atoms with van der Waals surface area (Å²) in [5, 5.41) is 9.92. The van der Waals surface area contributed by atoms with Crippen LogP contribution in [0, 0.1) is 6.92 Å². The summed E-state index contributed by atoms with van der Waals surface area (Å²) >= 11 is 0. The molecule has 5 rings (SSSR count). The van der Waals surface area contributed by atoms with Crippen LogP contribution in [0.2, 0.25) is 0 Å². The number of benzene rings is 1. The summed E-state index contributed by atoms with van der Waals surface area (Å²) in [5.41, 5.74) is 6.80. The van der Waals surface area contributed by atoms with E-state index >= 15 is 0 Å². The minimum absolute atomic E-state index is 0.187. The smallest absolute Gasteiger partial charge is 0.412 e. The van der Waals surface area contributed by atoms with Gasteiger partial charge in [0, 0.05) is 11.3 Å². The first-order valence-electron chi connectivity index (χ1n) is 10.4. The van der Waals surface area contributed by atoms with E-state index in [-0.39, 0.29) is 6.61 Å². The van der Waals surface area contributed by atoms with Gasteiger partial charge in [0.15, 0.2) is 0 Å². The Bertz CT molecular complexity index is 1430. The van der Waals surface area contributed by atoms with Gasteiger partial charge in [0.05, 0.1) is 46.2 Å². The molecular formula is C25H20N6O2. The van der Waals surface area contributed by atoms with Gasteiger partial charge in [0.1, 0.15) is 6.61 Å². The molecule has 0 radical (unpaired) electrons. The predicted octanol–water partition coefficient (Wildman–Crippen LogP) is 5.14. The third kappa shape index (κ3) is 4.54. The lowest BCUT2D eigenvalue weighted by atomic mass is 10.1. The maximum atomic E-state index is 12.2. The molecule has 0 spiro atoms. The number of hydrogen-bond donors (Lipinski definition) is 2.